The zero-order chi connectivity index (χ0) is 17.3. The molecule has 0 bridgehead atoms. The molecule has 4 nitrogen and oxygen atoms in total. The molecule has 3 rings (SSSR count). The second-order valence-electron chi connectivity index (χ2n) is 7.03. The molecule has 0 N–H and O–H groups in total. The fourth-order valence-electron chi connectivity index (χ4n) is 4.08. The summed E-state index contributed by atoms with van der Waals surface area (Å²) in [5.41, 5.74) is 0.702. The number of nitrogens with zero attached hydrogens (tertiary/aromatic N) is 2. The van der Waals surface area contributed by atoms with Crippen molar-refractivity contribution in [3.63, 3.8) is 0 Å². The van der Waals surface area contributed by atoms with Crippen LogP contribution in [0.2, 0.25) is 0 Å². The minimum absolute atomic E-state index is 0.0139. The first kappa shape index (κ1) is 16.9. The molecule has 0 aliphatic carbocycles. The molecule has 5 heteroatoms. The van der Waals surface area contributed by atoms with Crippen LogP contribution in [0.3, 0.4) is 0 Å². The van der Waals surface area contributed by atoms with E-state index in [9.17, 15) is 14.0 Å². The number of carbonyl (C=O) groups excluding carboxylic acids is 2. The van der Waals surface area contributed by atoms with Crippen LogP contribution in [0.25, 0.3) is 0 Å². The van der Waals surface area contributed by atoms with E-state index < -0.39 is 0 Å². The van der Waals surface area contributed by atoms with Gasteiger partial charge in [-0.1, -0.05) is 12.1 Å². The molecule has 2 aliphatic rings. The number of carbonyl (C=O) groups is 2. The van der Waals surface area contributed by atoms with Crippen LogP contribution in [0, 0.1) is 11.7 Å². The third kappa shape index (κ3) is 3.17. The molecule has 0 unspecified atom stereocenters. The van der Waals surface area contributed by atoms with Crippen molar-refractivity contribution in [3.05, 3.63) is 35.6 Å². The lowest BCUT2D eigenvalue weighted by Crippen LogP contribution is -2.51. The second kappa shape index (κ2) is 6.91. The molecule has 2 saturated heterocycles. The van der Waals surface area contributed by atoms with Crippen LogP contribution in [0.15, 0.2) is 24.3 Å². The number of benzene rings is 1. The molecule has 2 amide bonds. The Bertz CT molecular complexity index is 634. The highest BCUT2D eigenvalue weighted by molar-refractivity contribution is 5.85. The van der Waals surface area contributed by atoms with Gasteiger partial charge >= 0.3 is 0 Å². The van der Waals surface area contributed by atoms with Gasteiger partial charge in [0.1, 0.15) is 5.82 Å². The SMILES string of the molecule is C[C@@H]1CCCCN1C(=O)[C@H]1CCC(=O)N(C)[C@H]1c1cccc(F)c1. The van der Waals surface area contributed by atoms with E-state index >= 15 is 0 Å². The highest BCUT2D eigenvalue weighted by Crippen LogP contribution is 2.38. The smallest absolute Gasteiger partial charge is 0.228 e. The topological polar surface area (TPSA) is 40.6 Å². The molecule has 2 heterocycles. The Balaban J connectivity index is 1.91. The molecular formula is C19H25FN2O2. The summed E-state index contributed by atoms with van der Waals surface area (Å²) in [5.74, 6) is -0.512. The van der Waals surface area contributed by atoms with Crippen LogP contribution in [0.1, 0.15) is 50.6 Å². The molecular weight excluding hydrogens is 307 g/mol. The molecule has 0 radical (unpaired) electrons. The fraction of sp³-hybridized carbons (Fsp3) is 0.579. The van der Waals surface area contributed by atoms with Crippen molar-refractivity contribution in [1.29, 1.82) is 0 Å². The largest absolute Gasteiger partial charge is 0.340 e. The number of amides is 2. The number of piperidine rings is 2. The number of likely N-dealkylation sites (tertiary alicyclic amines) is 2. The van der Waals surface area contributed by atoms with Crippen LogP contribution in [0.4, 0.5) is 4.39 Å². The van der Waals surface area contributed by atoms with Crippen LogP contribution >= 0.6 is 0 Å². The molecule has 0 spiro atoms. The number of hydrogen-bond donors (Lipinski definition) is 0. The molecule has 2 aliphatic heterocycles. The number of halogens is 1. The molecule has 2 fully saturated rings. The molecule has 1 aromatic carbocycles. The van der Waals surface area contributed by atoms with Gasteiger partial charge in [-0.05, 0) is 50.3 Å². The van der Waals surface area contributed by atoms with Crippen molar-refractivity contribution < 1.29 is 14.0 Å². The average molecular weight is 332 g/mol. The summed E-state index contributed by atoms with van der Waals surface area (Å²) in [6.07, 6.45) is 4.12. The fourth-order valence-corrected chi connectivity index (χ4v) is 4.08. The molecule has 1 aromatic rings. The van der Waals surface area contributed by atoms with Crippen LogP contribution in [-0.4, -0.2) is 41.2 Å². The molecule has 3 atom stereocenters. The first-order valence-electron chi connectivity index (χ1n) is 8.80. The minimum Gasteiger partial charge on any atom is -0.340 e. The van der Waals surface area contributed by atoms with Gasteiger partial charge in [-0.25, -0.2) is 4.39 Å². The molecule has 0 aromatic heterocycles. The summed E-state index contributed by atoms with van der Waals surface area (Å²) in [5, 5.41) is 0. The van der Waals surface area contributed by atoms with Crippen LogP contribution in [0.5, 0.6) is 0 Å². The lowest BCUT2D eigenvalue weighted by atomic mass is 9.83. The van der Waals surface area contributed by atoms with Gasteiger partial charge in [0.15, 0.2) is 0 Å². The Hall–Kier alpha value is -1.91. The lowest BCUT2D eigenvalue weighted by molar-refractivity contribution is -0.148. The van der Waals surface area contributed by atoms with Crippen molar-refractivity contribution in [2.24, 2.45) is 5.92 Å². The van der Waals surface area contributed by atoms with Gasteiger partial charge in [0.05, 0.1) is 12.0 Å². The lowest BCUT2D eigenvalue weighted by Gasteiger charge is -2.43. The van der Waals surface area contributed by atoms with E-state index in [1.807, 2.05) is 11.0 Å². The van der Waals surface area contributed by atoms with Gasteiger partial charge in [-0.3, -0.25) is 9.59 Å². The first-order chi connectivity index (χ1) is 11.5. The second-order valence-corrected chi connectivity index (χ2v) is 7.03. The predicted octanol–water partition coefficient (Wildman–Crippen LogP) is 3.14. The van der Waals surface area contributed by atoms with E-state index in [0.29, 0.717) is 18.4 Å². The maximum absolute atomic E-state index is 13.7. The highest BCUT2D eigenvalue weighted by atomic mass is 19.1. The Labute approximate surface area is 142 Å². The zero-order valence-corrected chi connectivity index (χ0v) is 14.4. The normalized spacial score (nSPS) is 28.1. The predicted molar refractivity (Wildman–Crippen MR) is 89.7 cm³/mol. The summed E-state index contributed by atoms with van der Waals surface area (Å²) in [7, 11) is 1.72. The summed E-state index contributed by atoms with van der Waals surface area (Å²) < 4.78 is 13.7. The van der Waals surface area contributed by atoms with E-state index in [-0.39, 0.29) is 35.6 Å². The highest BCUT2D eigenvalue weighted by Gasteiger charge is 2.41. The van der Waals surface area contributed by atoms with Gasteiger partial charge in [-0.2, -0.15) is 0 Å². The standard InChI is InChI=1S/C19H25FN2O2/c1-13-6-3-4-11-22(13)19(24)16-9-10-17(23)21(2)18(16)14-7-5-8-15(20)12-14/h5,7-8,12-13,16,18H,3-4,6,9-11H2,1-2H3/t13-,16+,18+/m1/s1. The minimum atomic E-state index is -0.386. The summed E-state index contributed by atoms with van der Waals surface area (Å²) >= 11 is 0. The maximum atomic E-state index is 13.7. The maximum Gasteiger partial charge on any atom is 0.228 e. The van der Waals surface area contributed by atoms with E-state index in [2.05, 4.69) is 6.92 Å². The average Bonchev–Trinajstić information content (AvgIpc) is 2.57. The monoisotopic (exact) mass is 332 g/mol. The summed E-state index contributed by atoms with van der Waals surface area (Å²) in [6.45, 7) is 2.87. The van der Waals surface area contributed by atoms with Crippen molar-refractivity contribution in [2.75, 3.05) is 13.6 Å². The van der Waals surface area contributed by atoms with Crippen molar-refractivity contribution in [1.82, 2.24) is 9.80 Å². The molecule has 0 saturated carbocycles. The van der Waals surface area contributed by atoms with E-state index in [1.165, 1.54) is 12.1 Å². The zero-order valence-electron chi connectivity index (χ0n) is 14.4. The van der Waals surface area contributed by atoms with Gasteiger partial charge in [0.2, 0.25) is 11.8 Å². The number of rotatable bonds is 2. The quantitative estimate of drug-likeness (QED) is 0.835. The summed E-state index contributed by atoms with van der Waals surface area (Å²) in [4.78, 5) is 28.9. The van der Waals surface area contributed by atoms with Crippen molar-refractivity contribution in [3.8, 4) is 0 Å². The van der Waals surface area contributed by atoms with Gasteiger partial charge < -0.3 is 9.80 Å². The van der Waals surface area contributed by atoms with E-state index in [1.54, 1.807) is 18.0 Å². The van der Waals surface area contributed by atoms with Crippen LogP contribution in [-0.2, 0) is 9.59 Å². The Morgan fingerprint density at radius 3 is 2.75 bits per heavy atom. The van der Waals surface area contributed by atoms with Crippen molar-refractivity contribution in [2.45, 2.75) is 51.1 Å². The first-order valence-corrected chi connectivity index (χ1v) is 8.80. The Kier molecular flexibility index (Phi) is 4.88. The Morgan fingerprint density at radius 2 is 2.04 bits per heavy atom. The molecule has 24 heavy (non-hydrogen) atoms. The number of hydrogen-bond acceptors (Lipinski definition) is 2. The molecule has 130 valence electrons. The van der Waals surface area contributed by atoms with Gasteiger partial charge in [0, 0.05) is 26.1 Å². The van der Waals surface area contributed by atoms with E-state index in [0.717, 1.165) is 25.8 Å². The Morgan fingerprint density at radius 1 is 1.25 bits per heavy atom. The van der Waals surface area contributed by atoms with Crippen molar-refractivity contribution >= 4 is 11.8 Å². The third-order valence-electron chi connectivity index (χ3n) is 5.45. The third-order valence-corrected chi connectivity index (χ3v) is 5.45. The van der Waals surface area contributed by atoms with E-state index in [4.69, 9.17) is 0 Å². The van der Waals surface area contributed by atoms with Gasteiger partial charge in [-0.15, -0.1) is 0 Å². The van der Waals surface area contributed by atoms with Gasteiger partial charge in [0.25, 0.3) is 0 Å². The van der Waals surface area contributed by atoms with Crippen LogP contribution < -0.4 is 0 Å². The summed E-state index contributed by atoms with van der Waals surface area (Å²) in [6, 6.07) is 6.13.